The normalized spacial score (nSPS) is 17.7. The van der Waals surface area contributed by atoms with Gasteiger partial charge in [0.2, 0.25) is 10.0 Å². The number of thiocarbonyl (C=S) groups is 1. The summed E-state index contributed by atoms with van der Waals surface area (Å²) in [6, 6.07) is 17.2. The molecule has 0 radical (unpaired) electrons. The number of aromatic nitrogens is 2. The van der Waals surface area contributed by atoms with Gasteiger partial charge in [-0.25, -0.2) is 8.42 Å². The lowest BCUT2D eigenvalue weighted by molar-refractivity contribution is 0.488. The fourth-order valence-corrected chi connectivity index (χ4v) is 5.96. The zero-order valence-corrected chi connectivity index (χ0v) is 22.7. The Kier molecular flexibility index (Phi) is 6.55. The lowest BCUT2D eigenvalue weighted by atomic mass is 9.96. The van der Waals surface area contributed by atoms with Gasteiger partial charge in [-0.3, -0.25) is 9.71 Å². The minimum absolute atomic E-state index is 0.174. The number of pyridine rings is 1. The highest BCUT2D eigenvalue weighted by molar-refractivity contribution is 7.92. The van der Waals surface area contributed by atoms with E-state index in [1.807, 2.05) is 49.4 Å². The fourth-order valence-electron chi connectivity index (χ4n) is 4.99. The van der Waals surface area contributed by atoms with Gasteiger partial charge in [0.05, 0.1) is 42.5 Å². The van der Waals surface area contributed by atoms with Crippen LogP contribution < -0.4 is 14.9 Å². The van der Waals surface area contributed by atoms with Crippen LogP contribution in [-0.2, 0) is 16.6 Å². The van der Waals surface area contributed by atoms with Crippen molar-refractivity contribution < 1.29 is 12.8 Å². The van der Waals surface area contributed by atoms with Crippen molar-refractivity contribution >= 4 is 38.7 Å². The lowest BCUT2D eigenvalue weighted by Crippen LogP contribution is -2.29. The molecule has 1 fully saturated rings. The minimum Gasteiger partial charge on any atom is -0.467 e. The number of furan rings is 1. The smallest absolute Gasteiger partial charge is 0.229 e. The van der Waals surface area contributed by atoms with Crippen LogP contribution in [0.25, 0.3) is 0 Å². The van der Waals surface area contributed by atoms with Gasteiger partial charge in [-0.15, -0.1) is 0 Å². The molecule has 0 bridgehead atoms. The van der Waals surface area contributed by atoms with E-state index in [2.05, 4.69) is 44.4 Å². The second-order valence-corrected chi connectivity index (χ2v) is 11.5. The lowest BCUT2D eigenvalue weighted by Gasteiger charge is -2.29. The number of aryl methyl sites for hydroxylation is 2. The minimum atomic E-state index is -3.39. The van der Waals surface area contributed by atoms with Crippen LogP contribution in [0, 0.1) is 20.8 Å². The van der Waals surface area contributed by atoms with Crippen molar-refractivity contribution in [1.29, 1.82) is 0 Å². The molecule has 4 heterocycles. The van der Waals surface area contributed by atoms with Crippen LogP contribution in [0.5, 0.6) is 0 Å². The molecule has 3 aromatic heterocycles. The summed E-state index contributed by atoms with van der Waals surface area (Å²) in [5, 5.41) is 4.08. The van der Waals surface area contributed by atoms with E-state index in [0.29, 0.717) is 17.3 Å². The van der Waals surface area contributed by atoms with E-state index in [1.165, 1.54) is 0 Å². The maximum atomic E-state index is 11.8. The van der Waals surface area contributed by atoms with E-state index in [-0.39, 0.29) is 12.1 Å². The van der Waals surface area contributed by atoms with Crippen molar-refractivity contribution in [3.63, 3.8) is 0 Å². The maximum Gasteiger partial charge on any atom is 0.229 e. The average Bonchev–Trinajstić information content (AvgIpc) is 3.55. The van der Waals surface area contributed by atoms with Crippen LogP contribution in [0.1, 0.15) is 46.1 Å². The summed E-state index contributed by atoms with van der Waals surface area (Å²) in [5.41, 5.74) is 6.46. The van der Waals surface area contributed by atoms with Gasteiger partial charge in [0, 0.05) is 23.3 Å². The van der Waals surface area contributed by atoms with Crippen LogP contribution in [0.4, 0.5) is 11.4 Å². The van der Waals surface area contributed by atoms with E-state index in [1.54, 1.807) is 18.5 Å². The Balaban J connectivity index is 1.61. The number of rotatable bonds is 7. The number of sulfonamides is 1. The summed E-state index contributed by atoms with van der Waals surface area (Å²) in [4.78, 5) is 6.75. The molecule has 1 aliphatic heterocycles. The molecule has 2 N–H and O–H groups in total. The second kappa shape index (κ2) is 9.68. The van der Waals surface area contributed by atoms with Crippen molar-refractivity contribution in [3.05, 3.63) is 101 Å². The number of anilines is 2. The Labute approximate surface area is 222 Å². The Morgan fingerprint density at radius 1 is 1.11 bits per heavy atom. The van der Waals surface area contributed by atoms with E-state index in [0.717, 1.165) is 45.9 Å². The van der Waals surface area contributed by atoms with Gasteiger partial charge in [0.25, 0.3) is 0 Å². The average molecular weight is 536 g/mol. The highest BCUT2D eigenvalue weighted by atomic mass is 32.2. The molecule has 8 nitrogen and oxygen atoms in total. The number of hydrogen-bond donors (Lipinski definition) is 2. The van der Waals surface area contributed by atoms with Gasteiger partial charge >= 0.3 is 0 Å². The largest absolute Gasteiger partial charge is 0.467 e. The molecular weight excluding hydrogens is 506 g/mol. The third-order valence-corrected chi connectivity index (χ3v) is 7.61. The molecule has 4 aromatic rings. The summed E-state index contributed by atoms with van der Waals surface area (Å²) in [6.07, 6.45) is 4.62. The zero-order chi connectivity index (χ0) is 26.3. The third-order valence-electron chi connectivity index (χ3n) is 6.71. The van der Waals surface area contributed by atoms with Crippen LogP contribution in [0.15, 0.2) is 71.5 Å². The van der Waals surface area contributed by atoms with Gasteiger partial charge in [-0.05, 0) is 92.6 Å². The van der Waals surface area contributed by atoms with Gasteiger partial charge in [0.1, 0.15) is 5.76 Å². The molecule has 0 spiro atoms. The second-order valence-electron chi connectivity index (χ2n) is 9.36. The molecule has 1 aromatic carbocycles. The predicted molar refractivity (Wildman–Crippen MR) is 149 cm³/mol. The number of benzene rings is 1. The topological polar surface area (TPSA) is 92.4 Å². The zero-order valence-electron chi connectivity index (χ0n) is 21.1. The first-order valence-corrected chi connectivity index (χ1v) is 14.2. The first-order valence-electron chi connectivity index (χ1n) is 11.9. The summed E-state index contributed by atoms with van der Waals surface area (Å²) in [6.45, 7) is 6.72. The molecule has 5 rings (SSSR count). The van der Waals surface area contributed by atoms with E-state index < -0.39 is 10.0 Å². The molecule has 10 heteroatoms. The molecule has 1 aliphatic rings. The van der Waals surface area contributed by atoms with E-state index in [9.17, 15) is 8.42 Å². The Bertz CT molecular complexity index is 1550. The first-order chi connectivity index (χ1) is 17.6. The summed E-state index contributed by atoms with van der Waals surface area (Å²) in [5.74, 6) is 0.885. The quantitative estimate of drug-likeness (QED) is 0.322. The molecule has 0 saturated carbocycles. The van der Waals surface area contributed by atoms with Crippen LogP contribution >= 0.6 is 12.2 Å². The summed E-state index contributed by atoms with van der Waals surface area (Å²) >= 11 is 5.87. The third kappa shape index (κ3) is 4.99. The number of hydrogen-bond acceptors (Lipinski definition) is 5. The van der Waals surface area contributed by atoms with E-state index >= 15 is 0 Å². The van der Waals surface area contributed by atoms with Gasteiger partial charge < -0.3 is 19.2 Å². The first kappa shape index (κ1) is 25.0. The molecular formula is C27H29N5O3S2. The molecule has 0 amide bonds. The number of nitrogens with one attached hydrogen (secondary N) is 2. The molecule has 0 aliphatic carbocycles. The maximum absolute atomic E-state index is 11.8. The Morgan fingerprint density at radius 2 is 1.92 bits per heavy atom. The van der Waals surface area contributed by atoms with Crippen molar-refractivity contribution in [2.45, 2.75) is 39.4 Å². The molecule has 0 unspecified atom stereocenters. The molecule has 192 valence electrons. The monoisotopic (exact) mass is 535 g/mol. The molecule has 1 saturated heterocycles. The summed E-state index contributed by atoms with van der Waals surface area (Å²) < 4.78 is 34.0. The SMILES string of the molecule is Cc1cc(N2C(=S)N[C@@H](c3ccccn3)[C@@H]2c2cc(C)n(Cc3ccco3)c2C)ccc1NS(C)(=O)=O. The molecule has 2 atom stereocenters. The predicted octanol–water partition coefficient (Wildman–Crippen LogP) is 5.00. The molecule has 37 heavy (non-hydrogen) atoms. The Hall–Kier alpha value is -3.63. The standard InChI is InChI=1S/C27H29N5O3S2/c1-17-14-20(10-11-23(17)30-37(4,33)34)32-26(25(29-27(32)36)24-9-5-6-12-28-24)22-15-18(2)31(19(22)3)16-21-8-7-13-35-21/h5-15,25-26,30H,16H2,1-4H3,(H,29,36)/t25-,26-/m0/s1. The Morgan fingerprint density at radius 3 is 2.57 bits per heavy atom. The number of nitrogens with zero attached hydrogens (tertiary/aromatic N) is 3. The van der Waals surface area contributed by atoms with Crippen LogP contribution in [0.2, 0.25) is 0 Å². The van der Waals surface area contributed by atoms with Gasteiger partial charge in [0.15, 0.2) is 5.11 Å². The van der Waals surface area contributed by atoms with E-state index in [4.69, 9.17) is 16.6 Å². The van der Waals surface area contributed by atoms with Gasteiger partial charge in [-0.1, -0.05) is 6.07 Å². The summed E-state index contributed by atoms with van der Waals surface area (Å²) in [7, 11) is -3.39. The highest BCUT2D eigenvalue weighted by Gasteiger charge is 2.42. The highest BCUT2D eigenvalue weighted by Crippen LogP contribution is 2.44. The van der Waals surface area contributed by atoms with Crippen molar-refractivity contribution in [2.24, 2.45) is 0 Å². The van der Waals surface area contributed by atoms with Crippen LogP contribution in [-0.4, -0.2) is 29.3 Å². The van der Waals surface area contributed by atoms with Crippen LogP contribution in [0.3, 0.4) is 0 Å². The van der Waals surface area contributed by atoms with Crippen molar-refractivity contribution in [1.82, 2.24) is 14.9 Å². The van der Waals surface area contributed by atoms with Crippen molar-refractivity contribution in [3.8, 4) is 0 Å². The fraction of sp³-hybridized carbons (Fsp3) is 0.259. The van der Waals surface area contributed by atoms with Gasteiger partial charge in [-0.2, -0.15) is 0 Å². The van der Waals surface area contributed by atoms with Crippen molar-refractivity contribution in [2.75, 3.05) is 15.9 Å².